The van der Waals surface area contributed by atoms with E-state index < -0.39 is 10.8 Å². The summed E-state index contributed by atoms with van der Waals surface area (Å²) in [5, 5.41) is 3.06. The molecule has 0 aliphatic carbocycles. The normalized spacial score (nSPS) is 20.7. The largest absolute Gasteiger partial charge is 0.324 e. The molecule has 1 atom stereocenters. The molecule has 1 aromatic carbocycles. The van der Waals surface area contributed by atoms with Crippen LogP contribution in [-0.2, 0) is 15.6 Å². The highest BCUT2D eigenvalue weighted by Crippen LogP contribution is 2.30. The van der Waals surface area contributed by atoms with Crippen molar-refractivity contribution in [1.29, 1.82) is 0 Å². The number of amides is 1. The van der Waals surface area contributed by atoms with E-state index in [1.54, 1.807) is 18.2 Å². The Morgan fingerprint density at radius 1 is 1.46 bits per heavy atom. The van der Waals surface area contributed by atoms with Crippen molar-refractivity contribution in [3.05, 3.63) is 23.2 Å². The first-order valence-electron chi connectivity index (χ1n) is 3.65. The van der Waals surface area contributed by atoms with E-state index in [0.717, 1.165) is 0 Å². The minimum atomic E-state index is -1.30. The molecule has 0 radical (unpaired) electrons. The number of carbonyl (C=O) groups is 1. The SMILES string of the molecule is O=C1CS(=O)c2c(Cl)cccc2N1. The van der Waals surface area contributed by atoms with Gasteiger partial charge in [0.05, 0.1) is 26.4 Å². The number of anilines is 1. The molecule has 2 rings (SSSR count). The molecule has 1 N–H and O–H groups in total. The Kier molecular flexibility index (Phi) is 2.09. The molecule has 0 saturated carbocycles. The Morgan fingerprint density at radius 2 is 2.23 bits per heavy atom. The Morgan fingerprint density at radius 3 is 3.00 bits per heavy atom. The molecule has 1 unspecified atom stereocenters. The van der Waals surface area contributed by atoms with Gasteiger partial charge in [0, 0.05) is 0 Å². The maximum atomic E-state index is 11.5. The zero-order valence-corrected chi connectivity index (χ0v) is 8.11. The van der Waals surface area contributed by atoms with Gasteiger partial charge >= 0.3 is 0 Å². The first kappa shape index (κ1) is 8.72. The number of benzene rings is 1. The first-order valence-corrected chi connectivity index (χ1v) is 5.35. The van der Waals surface area contributed by atoms with Crippen molar-refractivity contribution in [2.24, 2.45) is 0 Å². The summed E-state index contributed by atoms with van der Waals surface area (Å²) in [6.45, 7) is 0. The average molecular weight is 216 g/mol. The third-order valence-corrected chi connectivity index (χ3v) is 3.58. The molecule has 1 aliphatic rings. The van der Waals surface area contributed by atoms with Crippen LogP contribution in [0.5, 0.6) is 0 Å². The van der Waals surface area contributed by atoms with Crippen LogP contribution in [0.2, 0.25) is 5.02 Å². The van der Waals surface area contributed by atoms with E-state index in [0.29, 0.717) is 15.6 Å². The molecule has 1 aromatic rings. The van der Waals surface area contributed by atoms with Gasteiger partial charge in [-0.1, -0.05) is 17.7 Å². The quantitative estimate of drug-likeness (QED) is 0.711. The predicted octanol–water partition coefficient (Wildman–Crippen LogP) is 1.40. The van der Waals surface area contributed by atoms with Gasteiger partial charge in [0.15, 0.2) is 0 Å². The van der Waals surface area contributed by atoms with Gasteiger partial charge in [-0.15, -0.1) is 0 Å². The summed E-state index contributed by atoms with van der Waals surface area (Å²) in [6, 6.07) is 5.07. The van der Waals surface area contributed by atoms with E-state index in [1.807, 2.05) is 0 Å². The van der Waals surface area contributed by atoms with Crippen LogP contribution >= 0.6 is 11.6 Å². The van der Waals surface area contributed by atoms with Gasteiger partial charge in [-0.2, -0.15) is 0 Å². The molecule has 0 spiro atoms. The number of fused-ring (bicyclic) bond motifs is 1. The van der Waals surface area contributed by atoms with Gasteiger partial charge in [0.25, 0.3) is 0 Å². The summed E-state index contributed by atoms with van der Waals surface area (Å²) in [7, 11) is -1.30. The van der Waals surface area contributed by atoms with Crippen LogP contribution in [0.1, 0.15) is 0 Å². The molecule has 68 valence electrons. The van der Waals surface area contributed by atoms with Crippen LogP contribution in [0.25, 0.3) is 0 Å². The lowest BCUT2D eigenvalue weighted by Crippen LogP contribution is -2.25. The molecule has 5 heteroatoms. The molecule has 0 saturated heterocycles. The Bertz CT molecular complexity index is 405. The van der Waals surface area contributed by atoms with Crippen molar-refractivity contribution in [3.63, 3.8) is 0 Å². The van der Waals surface area contributed by atoms with Crippen LogP contribution in [0.3, 0.4) is 0 Å². The van der Waals surface area contributed by atoms with E-state index in [4.69, 9.17) is 11.6 Å². The minimum absolute atomic E-state index is 0.00324. The number of halogens is 1. The highest BCUT2D eigenvalue weighted by molar-refractivity contribution is 7.86. The standard InChI is InChI=1S/C8H6ClNO2S/c9-5-2-1-3-6-8(5)13(12)4-7(11)10-6/h1-3H,4H2,(H,10,11). The van der Waals surface area contributed by atoms with Gasteiger partial charge in [-0.25, -0.2) is 0 Å². The van der Waals surface area contributed by atoms with Crippen LogP contribution in [0, 0.1) is 0 Å². The second kappa shape index (κ2) is 3.12. The van der Waals surface area contributed by atoms with Crippen molar-refractivity contribution in [3.8, 4) is 0 Å². The van der Waals surface area contributed by atoms with Crippen LogP contribution < -0.4 is 5.32 Å². The zero-order chi connectivity index (χ0) is 9.42. The summed E-state index contributed by atoms with van der Waals surface area (Å²) < 4.78 is 11.5. The molecule has 1 aliphatic heterocycles. The van der Waals surface area contributed by atoms with Gasteiger partial charge in [-0.05, 0) is 12.1 Å². The molecule has 0 fully saturated rings. The zero-order valence-electron chi connectivity index (χ0n) is 6.54. The summed E-state index contributed by atoms with van der Waals surface area (Å²) in [5.41, 5.74) is 0.557. The third kappa shape index (κ3) is 1.47. The van der Waals surface area contributed by atoms with Crippen molar-refractivity contribution >= 4 is 34.0 Å². The average Bonchev–Trinajstić information content (AvgIpc) is 2.02. The second-order valence-electron chi connectivity index (χ2n) is 2.65. The number of rotatable bonds is 0. The number of carbonyl (C=O) groups excluding carboxylic acids is 1. The fraction of sp³-hybridized carbons (Fsp3) is 0.125. The lowest BCUT2D eigenvalue weighted by atomic mass is 10.3. The fourth-order valence-electron chi connectivity index (χ4n) is 1.22. The van der Waals surface area contributed by atoms with Crippen LogP contribution in [0.15, 0.2) is 23.1 Å². The lowest BCUT2D eigenvalue weighted by molar-refractivity contribution is -0.113. The smallest absolute Gasteiger partial charge is 0.237 e. The Hall–Kier alpha value is -0.870. The maximum Gasteiger partial charge on any atom is 0.237 e. The first-order chi connectivity index (χ1) is 6.18. The monoisotopic (exact) mass is 215 g/mol. The molecule has 13 heavy (non-hydrogen) atoms. The van der Waals surface area contributed by atoms with E-state index >= 15 is 0 Å². The van der Waals surface area contributed by atoms with Crippen molar-refractivity contribution in [2.45, 2.75) is 4.90 Å². The van der Waals surface area contributed by atoms with E-state index in [2.05, 4.69) is 5.32 Å². The highest BCUT2D eigenvalue weighted by atomic mass is 35.5. The van der Waals surface area contributed by atoms with Crippen molar-refractivity contribution in [1.82, 2.24) is 0 Å². The molecule has 3 nitrogen and oxygen atoms in total. The highest BCUT2D eigenvalue weighted by Gasteiger charge is 2.23. The van der Waals surface area contributed by atoms with Gasteiger partial charge in [-0.3, -0.25) is 9.00 Å². The summed E-state index contributed by atoms with van der Waals surface area (Å²) in [5.74, 6) is -0.232. The molecule has 0 bridgehead atoms. The van der Waals surface area contributed by atoms with Crippen molar-refractivity contribution < 1.29 is 9.00 Å². The van der Waals surface area contributed by atoms with E-state index in [-0.39, 0.29) is 11.7 Å². The number of hydrogen-bond acceptors (Lipinski definition) is 2. The van der Waals surface area contributed by atoms with E-state index in [9.17, 15) is 9.00 Å². The number of nitrogens with one attached hydrogen (secondary N) is 1. The summed E-state index contributed by atoms with van der Waals surface area (Å²) in [6.07, 6.45) is 0. The van der Waals surface area contributed by atoms with Crippen LogP contribution in [-0.4, -0.2) is 15.9 Å². The van der Waals surface area contributed by atoms with Gasteiger partial charge < -0.3 is 5.32 Å². The fourth-order valence-corrected chi connectivity index (χ4v) is 2.75. The minimum Gasteiger partial charge on any atom is -0.324 e. The predicted molar refractivity (Wildman–Crippen MR) is 51.4 cm³/mol. The molecular formula is C8H6ClNO2S. The lowest BCUT2D eigenvalue weighted by Gasteiger charge is -2.16. The summed E-state index contributed by atoms with van der Waals surface area (Å²) >= 11 is 5.84. The van der Waals surface area contributed by atoms with Crippen molar-refractivity contribution in [2.75, 3.05) is 11.1 Å². The molecule has 1 amide bonds. The Labute approximate surface area is 82.5 Å². The Balaban J connectivity index is 2.61. The molecule has 0 aromatic heterocycles. The third-order valence-electron chi connectivity index (χ3n) is 1.73. The second-order valence-corrected chi connectivity index (χ2v) is 4.45. The molecular weight excluding hydrogens is 210 g/mol. The maximum absolute atomic E-state index is 11.5. The van der Waals surface area contributed by atoms with Crippen LogP contribution in [0.4, 0.5) is 5.69 Å². The van der Waals surface area contributed by atoms with Gasteiger partial charge in [0.1, 0.15) is 5.75 Å². The molecule has 1 heterocycles. The van der Waals surface area contributed by atoms with E-state index in [1.165, 1.54) is 0 Å². The van der Waals surface area contributed by atoms with Gasteiger partial charge in [0.2, 0.25) is 5.91 Å². The number of hydrogen-bond donors (Lipinski definition) is 1. The summed E-state index contributed by atoms with van der Waals surface area (Å²) in [4.78, 5) is 11.5. The topological polar surface area (TPSA) is 46.2 Å².